The second kappa shape index (κ2) is 6.34. The molecule has 0 saturated heterocycles. The van der Waals surface area contributed by atoms with E-state index >= 15 is 0 Å². The maximum atomic E-state index is 11.1. The van der Waals surface area contributed by atoms with Crippen molar-refractivity contribution in [1.82, 2.24) is 10.3 Å². The van der Waals surface area contributed by atoms with Crippen molar-refractivity contribution < 1.29 is 9.90 Å². The second-order valence-electron chi connectivity index (χ2n) is 4.08. The summed E-state index contributed by atoms with van der Waals surface area (Å²) >= 11 is 0. The Hall–Kier alpha value is -1.43. The Morgan fingerprint density at radius 3 is 2.59 bits per heavy atom. The van der Waals surface area contributed by atoms with Crippen LogP contribution in [-0.2, 0) is 4.79 Å². The minimum atomic E-state index is -0.633. The fraction of sp³-hybridized carbons (Fsp3) is 0.417. The molecule has 2 atom stereocenters. The number of hydrazine groups is 1. The third-order valence-electron chi connectivity index (χ3n) is 2.85. The number of rotatable bonds is 5. The fourth-order valence-electron chi connectivity index (χ4n) is 1.59. The maximum Gasteiger partial charge on any atom is 0.248 e. The normalized spacial score (nSPS) is 14.4. The van der Waals surface area contributed by atoms with Crippen LogP contribution in [-0.4, -0.2) is 35.5 Å². The molecule has 4 N–H and O–H groups in total. The number of hydrogen-bond donors (Lipinski definition) is 3. The number of carbonyl (C=O) groups excluding carboxylic acids is 1. The quantitative estimate of drug-likeness (QED) is 0.383. The lowest BCUT2D eigenvalue weighted by Crippen LogP contribution is -2.43. The van der Waals surface area contributed by atoms with Crippen molar-refractivity contribution in [2.45, 2.75) is 19.1 Å². The molecule has 5 heteroatoms. The van der Waals surface area contributed by atoms with Crippen molar-refractivity contribution in [3.05, 3.63) is 35.9 Å². The molecule has 1 rings (SSSR count). The van der Waals surface area contributed by atoms with E-state index in [2.05, 4.69) is 5.43 Å². The molecule has 94 valence electrons. The molecule has 0 aromatic heterocycles. The van der Waals surface area contributed by atoms with Gasteiger partial charge in [0.2, 0.25) is 5.91 Å². The highest BCUT2D eigenvalue weighted by atomic mass is 16.3. The highest BCUT2D eigenvalue weighted by molar-refractivity contribution is 5.77. The lowest BCUT2D eigenvalue weighted by molar-refractivity contribution is -0.122. The van der Waals surface area contributed by atoms with E-state index in [1.807, 2.05) is 37.3 Å². The molecule has 0 heterocycles. The third kappa shape index (κ3) is 3.81. The van der Waals surface area contributed by atoms with Gasteiger partial charge in [0.15, 0.2) is 0 Å². The summed E-state index contributed by atoms with van der Waals surface area (Å²) in [6, 6.07) is 9.19. The molecular weight excluding hydrogens is 218 g/mol. The number of likely N-dealkylation sites (N-methyl/N-ethyl adjacent to an activating group) is 1. The summed E-state index contributed by atoms with van der Waals surface area (Å²) in [6.45, 7) is 2.02. The van der Waals surface area contributed by atoms with Crippen LogP contribution in [0.4, 0.5) is 0 Å². The van der Waals surface area contributed by atoms with Crippen molar-refractivity contribution in [2.24, 2.45) is 5.84 Å². The van der Waals surface area contributed by atoms with Crippen molar-refractivity contribution in [3.63, 3.8) is 0 Å². The first kappa shape index (κ1) is 13.6. The van der Waals surface area contributed by atoms with Gasteiger partial charge in [-0.15, -0.1) is 0 Å². The Balaban J connectivity index is 2.63. The van der Waals surface area contributed by atoms with Crippen LogP contribution in [0.1, 0.15) is 18.6 Å². The van der Waals surface area contributed by atoms with Crippen molar-refractivity contribution in [2.75, 3.05) is 13.6 Å². The van der Waals surface area contributed by atoms with E-state index in [4.69, 9.17) is 5.84 Å². The van der Waals surface area contributed by atoms with Gasteiger partial charge in [-0.05, 0) is 19.5 Å². The third-order valence-corrected chi connectivity index (χ3v) is 2.85. The largest absolute Gasteiger partial charge is 0.387 e. The highest BCUT2D eigenvalue weighted by Gasteiger charge is 2.21. The van der Waals surface area contributed by atoms with Gasteiger partial charge in [0, 0.05) is 6.04 Å². The first-order valence-electron chi connectivity index (χ1n) is 5.49. The molecule has 0 aliphatic rings. The molecule has 0 spiro atoms. The topological polar surface area (TPSA) is 78.6 Å². The molecule has 1 aromatic rings. The lowest BCUT2D eigenvalue weighted by atomic mass is 10.0. The maximum absolute atomic E-state index is 11.1. The Kier molecular flexibility index (Phi) is 5.09. The number of nitrogens with two attached hydrogens (primary N) is 1. The minimum Gasteiger partial charge on any atom is -0.387 e. The van der Waals surface area contributed by atoms with Crippen LogP contribution >= 0.6 is 0 Å². The van der Waals surface area contributed by atoms with Crippen LogP contribution in [0.25, 0.3) is 0 Å². The van der Waals surface area contributed by atoms with Gasteiger partial charge in [-0.1, -0.05) is 30.3 Å². The number of carbonyl (C=O) groups is 1. The number of nitrogens with one attached hydrogen (secondary N) is 1. The summed E-state index contributed by atoms with van der Waals surface area (Å²) in [5, 5.41) is 10.1. The Bertz CT molecular complexity index is 356. The van der Waals surface area contributed by atoms with E-state index in [-0.39, 0.29) is 18.5 Å². The van der Waals surface area contributed by atoms with Crippen molar-refractivity contribution in [1.29, 1.82) is 0 Å². The number of aliphatic hydroxyl groups excluding tert-OH is 1. The molecule has 5 nitrogen and oxygen atoms in total. The zero-order valence-corrected chi connectivity index (χ0v) is 10.1. The van der Waals surface area contributed by atoms with E-state index in [0.29, 0.717) is 0 Å². The smallest absolute Gasteiger partial charge is 0.248 e. The summed E-state index contributed by atoms with van der Waals surface area (Å²) < 4.78 is 0. The van der Waals surface area contributed by atoms with Crippen LogP contribution in [0.3, 0.4) is 0 Å². The van der Waals surface area contributed by atoms with Crippen molar-refractivity contribution in [3.8, 4) is 0 Å². The average molecular weight is 237 g/mol. The van der Waals surface area contributed by atoms with Gasteiger partial charge in [-0.3, -0.25) is 15.1 Å². The van der Waals surface area contributed by atoms with E-state index in [9.17, 15) is 9.90 Å². The van der Waals surface area contributed by atoms with Crippen LogP contribution < -0.4 is 11.3 Å². The molecule has 1 aromatic carbocycles. The van der Waals surface area contributed by atoms with Gasteiger partial charge in [-0.25, -0.2) is 5.84 Å². The molecule has 2 unspecified atom stereocenters. The summed E-state index contributed by atoms with van der Waals surface area (Å²) in [4.78, 5) is 12.9. The van der Waals surface area contributed by atoms with Crippen molar-refractivity contribution >= 4 is 5.91 Å². The van der Waals surface area contributed by atoms with E-state index in [1.54, 1.807) is 11.9 Å². The monoisotopic (exact) mass is 237 g/mol. The van der Waals surface area contributed by atoms with Gasteiger partial charge in [0.05, 0.1) is 12.6 Å². The first-order valence-corrected chi connectivity index (χ1v) is 5.49. The molecule has 0 saturated carbocycles. The standard InChI is InChI=1S/C12H19N3O2/c1-9(15(2)8-11(16)14-13)12(17)10-6-4-3-5-7-10/h3-7,9,12,17H,8,13H2,1-2H3,(H,14,16). The fourth-order valence-corrected chi connectivity index (χ4v) is 1.59. The molecular formula is C12H19N3O2. The van der Waals surface area contributed by atoms with Crippen LogP contribution in [0.15, 0.2) is 30.3 Å². The second-order valence-corrected chi connectivity index (χ2v) is 4.08. The van der Waals surface area contributed by atoms with Gasteiger partial charge in [0.25, 0.3) is 0 Å². The zero-order chi connectivity index (χ0) is 12.8. The zero-order valence-electron chi connectivity index (χ0n) is 10.1. The van der Waals surface area contributed by atoms with Gasteiger partial charge in [-0.2, -0.15) is 0 Å². The van der Waals surface area contributed by atoms with Crippen LogP contribution in [0, 0.1) is 0 Å². The predicted molar refractivity (Wildman–Crippen MR) is 65.8 cm³/mol. The van der Waals surface area contributed by atoms with Gasteiger partial charge >= 0.3 is 0 Å². The molecule has 1 amide bonds. The van der Waals surface area contributed by atoms with Gasteiger partial charge < -0.3 is 5.11 Å². The van der Waals surface area contributed by atoms with E-state index < -0.39 is 6.10 Å². The number of nitrogens with zero attached hydrogens (tertiary/aromatic N) is 1. The molecule has 17 heavy (non-hydrogen) atoms. The Morgan fingerprint density at radius 2 is 2.06 bits per heavy atom. The summed E-state index contributed by atoms with van der Waals surface area (Å²) in [6.07, 6.45) is -0.633. The molecule has 0 aliphatic carbocycles. The molecule has 0 aliphatic heterocycles. The predicted octanol–water partition coefficient (Wildman–Crippen LogP) is 0.0302. The number of benzene rings is 1. The van der Waals surface area contributed by atoms with E-state index in [1.165, 1.54) is 0 Å². The molecule has 0 radical (unpaired) electrons. The summed E-state index contributed by atoms with van der Waals surface area (Å²) in [7, 11) is 1.77. The lowest BCUT2D eigenvalue weighted by Gasteiger charge is -2.28. The highest BCUT2D eigenvalue weighted by Crippen LogP contribution is 2.19. The Morgan fingerprint density at radius 1 is 1.47 bits per heavy atom. The molecule has 0 bridgehead atoms. The Labute approximate surface area is 101 Å². The number of aliphatic hydroxyl groups is 1. The first-order chi connectivity index (χ1) is 8.06. The molecule has 0 fully saturated rings. The number of amides is 1. The average Bonchev–Trinajstić information content (AvgIpc) is 2.37. The van der Waals surface area contributed by atoms with E-state index in [0.717, 1.165) is 5.56 Å². The number of hydrogen-bond acceptors (Lipinski definition) is 4. The van der Waals surface area contributed by atoms with Gasteiger partial charge in [0.1, 0.15) is 0 Å². The summed E-state index contributed by atoms with van der Waals surface area (Å²) in [5.74, 6) is 4.74. The summed E-state index contributed by atoms with van der Waals surface area (Å²) in [5.41, 5.74) is 2.90. The minimum absolute atomic E-state index is 0.154. The van der Waals surface area contributed by atoms with Crippen LogP contribution in [0.2, 0.25) is 0 Å². The SMILES string of the molecule is CC(C(O)c1ccccc1)N(C)CC(=O)NN. The van der Waals surface area contributed by atoms with Crippen LogP contribution in [0.5, 0.6) is 0 Å².